The number of methoxy groups -OCH3 is 1. The molecule has 1 amide bonds. The van der Waals surface area contributed by atoms with Crippen LogP contribution in [0.4, 0.5) is 0 Å². The zero-order chi connectivity index (χ0) is 14.4. The normalized spacial score (nSPS) is 17.5. The van der Waals surface area contributed by atoms with Crippen molar-refractivity contribution in [2.45, 2.75) is 38.2 Å². The lowest BCUT2D eigenvalue weighted by Gasteiger charge is -2.22. The Morgan fingerprint density at radius 1 is 1.35 bits per heavy atom. The Bertz CT molecular complexity index is 441. The number of carbonyl (C=O) groups is 1. The number of ether oxygens (including phenoxy) is 1. The first-order valence-corrected chi connectivity index (χ1v) is 7.31. The molecule has 2 N–H and O–H groups in total. The number of aliphatic hydroxyl groups excluding tert-OH is 1. The molecule has 4 nitrogen and oxygen atoms in total. The van der Waals surface area contributed by atoms with E-state index in [4.69, 9.17) is 4.74 Å². The minimum atomic E-state index is -0.737. The van der Waals surface area contributed by atoms with Crippen molar-refractivity contribution >= 4 is 5.91 Å². The molecular weight excluding hydrogens is 254 g/mol. The van der Waals surface area contributed by atoms with Crippen molar-refractivity contribution in [2.24, 2.45) is 5.92 Å². The minimum Gasteiger partial charge on any atom is -0.496 e. The molecule has 0 heterocycles. The van der Waals surface area contributed by atoms with Gasteiger partial charge < -0.3 is 15.2 Å². The molecule has 0 unspecified atom stereocenters. The van der Waals surface area contributed by atoms with Crippen molar-refractivity contribution in [2.75, 3.05) is 13.7 Å². The summed E-state index contributed by atoms with van der Waals surface area (Å²) < 4.78 is 5.22. The lowest BCUT2D eigenvalue weighted by molar-refractivity contribution is -0.126. The highest BCUT2D eigenvalue weighted by Gasteiger charge is 2.22. The van der Waals surface area contributed by atoms with Crippen LogP contribution >= 0.6 is 0 Å². The summed E-state index contributed by atoms with van der Waals surface area (Å²) in [5, 5.41) is 13.0. The molecule has 0 aromatic heterocycles. The molecule has 0 bridgehead atoms. The maximum Gasteiger partial charge on any atom is 0.223 e. The highest BCUT2D eigenvalue weighted by atomic mass is 16.5. The van der Waals surface area contributed by atoms with Crippen molar-refractivity contribution in [3.63, 3.8) is 0 Å². The molecule has 0 radical (unpaired) electrons. The number of nitrogens with one attached hydrogen (secondary N) is 1. The van der Waals surface area contributed by atoms with Gasteiger partial charge in [0.25, 0.3) is 0 Å². The molecule has 1 aromatic rings. The fourth-order valence-corrected chi connectivity index (χ4v) is 2.76. The first-order chi connectivity index (χ1) is 9.72. The summed E-state index contributed by atoms with van der Waals surface area (Å²) in [4.78, 5) is 12.0. The number of benzene rings is 1. The van der Waals surface area contributed by atoms with Gasteiger partial charge in [0.15, 0.2) is 0 Å². The summed E-state index contributed by atoms with van der Waals surface area (Å²) >= 11 is 0. The fourth-order valence-electron chi connectivity index (χ4n) is 2.76. The second-order valence-corrected chi connectivity index (χ2v) is 5.34. The predicted molar refractivity (Wildman–Crippen MR) is 77.5 cm³/mol. The molecule has 4 heteroatoms. The summed E-state index contributed by atoms with van der Waals surface area (Å²) in [5.74, 6) is 0.833. The van der Waals surface area contributed by atoms with Gasteiger partial charge in [0.2, 0.25) is 5.91 Å². The van der Waals surface area contributed by atoms with E-state index in [1.807, 2.05) is 24.3 Å². The van der Waals surface area contributed by atoms with Crippen LogP contribution in [0.25, 0.3) is 0 Å². The number of amides is 1. The molecule has 20 heavy (non-hydrogen) atoms. The fraction of sp³-hybridized carbons (Fsp3) is 0.562. The van der Waals surface area contributed by atoms with Crippen molar-refractivity contribution in [3.05, 3.63) is 29.8 Å². The molecule has 1 aliphatic carbocycles. The molecule has 2 rings (SSSR count). The van der Waals surface area contributed by atoms with E-state index >= 15 is 0 Å². The Balaban J connectivity index is 1.88. The smallest absolute Gasteiger partial charge is 0.223 e. The lowest BCUT2D eigenvalue weighted by atomic mass is 9.88. The second kappa shape index (κ2) is 7.29. The molecule has 0 spiro atoms. The maximum atomic E-state index is 12.0. The van der Waals surface area contributed by atoms with Crippen LogP contribution in [0, 0.1) is 5.92 Å². The lowest BCUT2D eigenvalue weighted by Crippen LogP contribution is -2.34. The molecule has 1 aromatic carbocycles. The van der Waals surface area contributed by atoms with E-state index in [-0.39, 0.29) is 18.4 Å². The van der Waals surface area contributed by atoms with Crippen LogP contribution in [0.1, 0.15) is 43.8 Å². The Labute approximate surface area is 120 Å². The maximum absolute atomic E-state index is 12.0. The molecule has 110 valence electrons. The van der Waals surface area contributed by atoms with Gasteiger partial charge in [-0.3, -0.25) is 4.79 Å². The number of para-hydroxylation sites is 1. The number of hydrogen-bond acceptors (Lipinski definition) is 3. The predicted octanol–water partition coefficient (Wildman–Crippen LogP) is 2.43. The number of hydrogen-bond donors (Lipinski definition) is 2. The Hall–Kier alpha value is -1.55. The third-order valence-electron chi connectivity index (χ3n) is 3.94. The highest BCUT2D eigenvalue weighted by Crippen LogP contribution is 2.25. The third-order valence-corrected chi connectivity index (χ3v) is 3.94. The van der Waals surface area contributed by atoms with Crippen LogP contribution in [0.3, 0.4) is 0 Å². The SMILES string of the molecule is COc1ccccc1[C@H](O)CNC(=O)C1CCCCC1. The standard InChI is InChI=1S/C16H23NO3/c1-20-15-10-6-5-9-13(15)14(18)11-17-16(19)12-7-3-2-4-8-12/h5-6,9-10,12,14,18H,2-4,7-8,11H2,1H3,(H,17,19)/t14-/m1/s1. The Morgan fingerprint density at radius 2 is 2.05 bits per heavy atom. The monoisotopic (exact) mass is 277 g/mol. The molecule has 1 atom stereocenters. The Morgan fingerprint density at radius 3 is 2.75 bits per heavy atom. The van der Waals surface area contributed by atoms with E-state index in [1.54, 1.807) is 7.11 Å². The van der Waals surface area contributed by atoms with E-state index in [0.717, 1.165) is 25.7 Å². The van der Waals surface area contributed by atoms with Gasteiger partial charge in [-0.15, -0.1) is 0 Å². The van der Waals surface area contributed by atoms with Gasteiger partial charge in [-0.1, -0.05) is 37.5 Å². The topological polar surface area (TPSA) is 58.6 Å². The quantitative estimate of drug-likeness (QED) is 0.869. The van der Waals surface area contributed by atoms with Crippen molar-refractivity contribution in [3.8, 4) is 5.75 Å². The average Bonchev–Trinajstić information content (AvgIpc) is 2.53. The molecular formula is C16H23NO3. The van der Waals surface area contributed by atoms with Crippen molar-refractivity contribution in [1.29, 1.82) is 0 Å². The first kappa shape index (κ1) is 14.9. The van der Waals surface area contributed by atoms with E-state index in [2.05, 4.69) is 5.32 Å². The second-order valence-electron chi connectivity index (χ2n) is 5.34. The molecule has 0 saturated heterocycles. The summed E-state index contributed by atoms with van der Waals surface area (Å²) in [5.41, 5.74) is 0.707. The van der Waals surface area contributed by atoms with E-state index in [9.17, 15) is 9.90 Å². The van der Waals surface area contributed by atoms with Crippen LogP contribution in [0.2, 0.25) is 0 Å². The zero-order valence-electron chi connectivity index (χ0n) is 12.0. The van der Waals surface area contributed by atoms with Crippen LogP contribution < -0.4 is 10.1 Å². The van der Waals surface area contributed by atoms with Crippen LogP contribution in [0.5, 0.6) is 5.75 Å². The van der Waals surface area contributed by atoms with Gasteiger partial charge in [-0.25, -0.2) is 0 Å². The van der Waals surface area contributed by atoms with Crippen LogP contribution in [-0.4, -0.2) is 24.7 Å². The van der Waals surface area contributed by atoms with Gasteiger partial charge in [-0.2, -0.15) is 0 Å². The number of aliphatic hydroxyl groups is 1. The summed E-state index contributed by atoms with van der Waals surface area (Å²) in [6, 6.07) is 7.33. The zero-order valence-corrected chi connectivity index (χ0v) is 12.0. The van der Waals surface area contributed by atoms with Crippen LogP contribution in [0.15, 0.2) is 24.3 Å². The molecule has 0 aliphatic heterocycles. The summed E-state index contributed by atoms with van der Waals surface area (Å²) in [6.45, 7) is 0.232. The molecule has 1 aliphatic rings. The summed E-state index contributed by atoms with van der Waals surface area (Å²) in [6.07, 6.45) is 4.69. The van der Waals surface area contributed by atoms with Crippen LogP contribution in [-0.2, 0) is 4.79 Å². The average molecular weight is 277 g/mol. The minimum absolute atomic E-state index is 0.0682. The van der Waals surface area contributed by atoms with Gasteiger partial charge in [0, 0.05) is 18.0 Å². The molecule has 1 saturated carbocycles. The van der Waals surface area contributed by atoms with Gasteiger partial charge in [-0.05, 0) is 18.9 Å². The van der Waals surface area contributed by atoms with E-state index in [0.29, 0.717) is 11.3 Å². The summed E-state index contributed by atoms with van der Waals surface area (Å²) in [7, 11) is 1.58. The van der Waals surface area contributed by atoms with Gasteiger partial charge >= 0.3 is 0 Å². The van der Waals surface area contributed by atoms with Crippen molar-refractivity contribution in [1.82, 2.24) is 5.32 Å². The Kier molecular flexibility index (Phi) is 5.41. The number of carbonyl (C=O) groups excluding carboxylic acids is 1. The first-order valence-electron chi connectivity index (χ1n) is 7.31. The van der Waals surface area contributed by atoms with E-state index < -0.39 is 6.10 Å². The third kappa shape index (κ3) is 3.73. The van der Waals surface area contributed by atoms with E-state index in [1.165, 1.54) is 6.42 Å². The number of rotatable bonds is 5. The molecule has 1 fully saturated rings. The highest BCUT2D eigenvalue weighted by molar-refractivity contribution is 5.78. The van der Waals surface area contributed by atoms with Crippen molar-refractivity contribution < 1.29 is 14.6 Å². The van der Waals surface area contributed by atoms with Gasteiger partial charge in [0.05, 0.1) is 13.2 Å². The van der Waals surface area contributed by atoms with Gasteiger partial charge in [0.1, 0.15) is 5.75 Å². The largest absolute Gasteiger partial charge is 0.496 e.